The van der Waals surface area contributed by atoms with Crippen molar-refractivity contribution in [2.24, 2.45) is 4.99 Å². The summed E-state index contributed by atoms with van der Waals surface area (Å²) in [7, 11) is 1.83. The van der Waals surface area contributed by atoms with E-state index in [9.17, 15) is 0 Å². The van der Waals surface area contributed by atoms with Crippen LogP contribution in [0.4, 0.5) is 0 Å². The zero-order chi connectivity index (χ0) is 18.4. The molecule has 0 aliphatic carbocycles. The molecule has 0 unspecified atom stereocenters. The van der Waals surface area contributed by atoms with Gasteiger partial charge in [-0.15, -0.1) is 0 Å². The van der Waals surface area contributed by atoms with E-state index < -0.39 is 0 Å². The van der Waals surface area contributed by atoms with Crippen LogP contribution < -0.4 is 5.32 Å². The van der Waals surface area contributed by atoms with Crippen molar-refractivity contribution in [2.75, 3.05) is 26.7 Å². The highest BCUT2D eigenvalue weighted by molar-refractivity contribution is 5.79. The van der Waals surface area contributed by atoms with Crippen molar-refractivity contribution in [1.29, 1.82) is 0 Å². The van der Waals surface area contributed by atoms with Crippen LogP contribution in [-0.4, -0.2) is 58.2 Å². The smallest absolute Gasteiger partial charge is 0.193 e. The Morgan fingerprint density at radius 1 is 1.31 bits per heavy atom. The molecule has 140 valence electrons. The van der Waals surface area contributed by atoms with Crippen LogP contribution in [0.2, 0.25) is 0 Å². The third kappa shape index (κ3) is 4.40. The van der Waals surface area contributed by atoms with E-state index >= 15 is 0 Å². The second-order valence-electron chi connectivity index (χ2n) is 6.41. The van der Waals surface area contributed by atoms with Crippen molar-refractivity contribution >= 4 is 5.96 Å². The summed E-state index contributed by atoms with van der Waals surface area (Å²) < 4.78 is 7.69. The molecule has 1 saturated heterocycles. The molecule has 1 N–H and O–H groups in total. The summed E-state index contributed by atoms with van der Waals surface area (Å²) in [6, 6.07) is 4.10. The monoisotopic (exact) mass is 356 g/mol. The van der Waals surface area contributed by atoms with Crippen molar-refractivity contribution in [3.8, 4) is 5.82 Å². The van der Waals surface area contributed by atoms with Crippen molar-refractivity contribution in [3.05, 3.63) is 42.1 Å². The fourth-order valence-electron chi connectivity index (χ4n) is 3.27. The molecule has 1 aliphatic rings. The number of ether oxygens (including phenoxy) is 1. The van der Waals surface area contributed by atoms with Gasteiger partial charge in [-0.2, -0.15) is 0 Å². The van der Waals surface area contributed by atoms with Crippen LogP contribution in [0.3, 0.4) is 0 Å². The van der Waals surface area contributed by atoms with Gasteiger partial charge in [-0.1, -0.05) is 6.07 Å². The van der Waals surface area contributed by atoms with Crippen LogP contribution >= 0.6 is 0 Å². The molecule has 0 amide bonds. The second kappa shape index (κ2) is 8.80. The first kappa shape index (κ1) is 18.4. The van der Waals surface area contributed by atoms with Gasteiger partial charge in [0.15, 0.2) is 5.96 Å². The molecule has 3 heterocycles. The second-order valence-corrected chi connectivity index (χ2v) is 6.41. The number of piperidine rings is 1. The zero-order valence-electron chi connectivity index (χ0n) is 15.9. The number of pyridine rings is 1. The number of aryl methyl sites for hydroxylation is 1. The molecule has 1 aliphatic heterocycles. The van der Waals surface area contributed by atoms with E-state index in [-0.39, 0.29) is 0 Å². The van der Waals surface area contributed by atoms with Gasteiger partial charge in [-0.05, 0) is 38.3 Å². The molecule has 0 radical (unpaired) electrons. The summed E-state index contributed by atoms with van der Waals surface area (Å²) in [4.78, 5) is 15.5. The number of hydrogen-bond donors (Lipinski definition) is 1. The summed E-state index contributed by atoms with van der Waals surface area (Å²) in [5, 5.41) is 3.44. The van der Waals surface area contributed by atoms with E-state index in [1.165, 1.54) is 0 Å². The lowest BCUT2D eigenvalue weighted by molar-refractivity contribution is 0.0263. The highest BCUT2D eigenvalue weighted by atomic mass is 16.5. The van der Waals surface area contributed by atoms with E-state index in [0.29, 0.717) is 12.6 Å². The SMILES string of the molecule is CCOC1CCN(C(=NC)NCc2ccc(-n3ccnc3C)nc2)CC1. The number of rotatable bonds is 5. The number of aliphatic imine (C=N–C) groups is 1. The number of nitrogens with one attached hydrogen (secondary N) is 1. The van der Waals surface area contributed by atoms with E-state index in [0.717, 1.165) is 55.7 Å². The molecule has 7 heteroatoms. The average molecular weight is 356 g/mol. The molecule has 7 nitrogen and oxygen atoms in total. The third-order valence-corrected chi connectivity index (χ3v) is 4.69. The molecule has 0 bridgehead atoms. The normalized spacial score (nSPS) is 16.1. The zero-order valence-corrected chi connectivity index (χ0v) is 15.9. The number of hydrogen-bond acceptors (Lipinski definition) is 4. The first-order valence-electron chi connectivity index (χ1n) is 9.23. The molecule has 3 rings (SSSR count). The molecular weight excluding hydrogens is 328 g/mol. The summed E-state index contributed by atoms with van der Waals surface area (Å²) >= 11 is 0. The van der Waals surface area contributed by atoms with E-state index in [4.69, 9.17) is 4.74 Å². The Labute approximate surface area is 155 Å². The topological polar surface area (TPSA) is 67.6 Å². The molecule has 1 fully saturated rings. The standard InChI is InChI=1S/C19H28N6O/c1-4-26-17-7-10-24(11-8-17)19(20-3)23-14-16-5-6-18(22-13-16)25-12-9-21-15(25)2/h5-6,9,12-13,17H,4,7-8,10-11,14H2,1-3H3,(H,20,23). The number of likely N-dealkylation sites (tertiary alicyclic amines) is 1. The van der Waals surface area contributed by atoms with Gasteiger partial charge in [0.2, 0.25) is 0 Å². The van der Waals surface area contributed by atoms with Crippen molar-refractivity contribution in [1.82, 2.24) is 24.8 Å². The molecule has 2 aromatic heterocycles. The number of guanidine groups is 1. The maximum atomic E-state index is 5.72. The Morgan fingerprint density at radius 3 is 2.69 bits per heavy atom. The quantitative estimate of drug-likeness (QED) is 0.657. The van der Waals surface area contributed by atoms with E-state index in [1.807, 2.05) is 37.0 Å². The van der Waals surface area contributed by atoms with Gasteiger partial charge in [0.05, 0.1) is 6.10 Å². The summed E-state index contributed by atoms with van der Waals surface area (Å²) in [6.07, 6.45) is 8.09. The van der Waals surface area contributed by atoms with Crippen LogP contribution in [0.5, 0.6) is 0 Å². The van der Waals surface area contributed by atoms with Gasteiger partial charge < -0.3 is 15.0 Å². The molecule has 0 saturated carbocycles. The Bertz CT molecular complexity index is 716. The summed E-state index contributed by atoms with van der Waals surface area (Å²) in [5.41, 5.74) is 1.12. The fraction of sp³-hybridized carbons (Fsp3) is 0.526. The molecule has 0 aromatic carbocycles. The van der Waals surface area contributed by atoms with Crippen LogP contribution in [-0.2, 0) is 11.3 Å². The fourth-order valence-corrected chi connectivity index (χ4v) is 3.27. The van der Waals surface area contributed by atoms with Crippen molar-refractivity contribution in [2.45, 2.75) is 39.3 Å². The third-order valence-electron chi connectivity index (χ3n) is 4.69. The number of imidazole rings is 1. The molecule has 26 heavy (non-hydrogen) atoms. The lowest BCUT2D eigenvalue weighted by Crippen LogP contribution is -2.46. The van der Waals surface area contributed by atoms with Gasteiger partial charge in [-0.25, -0.2) is 9.97 Å². The van der Waals surface area contributed by atoms with Gasteiger partial charge in [0, 0.05) is 51.9 Å². The number of nitrogens with zero attached hydrogens (tertiary/aromatic N) is 5. The van der Waals surface area contributed by atoms with Crippen LogP contribution in [0.25, 0.3) is 5.82 Å². The van der Waals surface area contributed by atoms with Crippen LogP contribution in [0, 0.1) is 6.92 Å². The largest absolute Gasteiger partial charge is 0.378 e. The molecular formula is C19H28N6O. The highest BCUT2D eigenvalue weighted by Gasteiger charge is 2.21. The van der Waals surface area contributed by atoms with Crippen LogP contribution in [0.1, 0.15) is 31.2 Å². The summed E-state index contributed by atoms with van der Waals surface area (Å²) in [6.45, 7) is 7.46. The Morgan fingerprint density at radius 2 is 2.12 bits per heavy atom. The minimum Gasteiger partial charge on any atom is -0.378 e. The minimum absolute atomic E-state index is 0.387. The predicted molar refractivity (Wildman–Crippen MR) is 103 cm³/mol. The van der Waals surface area contributed by atoms with Gasteiger partial charge in [0.1, 0.15) is 11.6 Å². The van der Waals surface area contributed by atoms with Crippen molar-refractivity contribution < 1.29 is 4.74 Å². The molecule has 2 aromatic rings. The van der Waals surface area contributed by atoms with Gasteiger partial charge in [-0.3, -0.25) is 9.56 Å². The Balaban J connectivity index is 1.54. The predicted octanol–water partition coefficient (Wildman–Crippen LogP) is 2.15. The number of aromatic nitrogens is 3. The Kier molecular flexibility index (Phi) is 6.22. The molecule has 0 spiro atoms. The maximum Gasteiger partial charge on any atom is 0.193 e. The lowest BCUT2D eigenvalue weighted by atomic mass is 10.1. The Hall–Kier alpha value is -2.41. The first-order chi connectivity index (χ1) is 12.7. The van der Waals surface area contributed by atoms with E-state index in [1.54, 1.807) is 6.20 Å². The van der Waals surface area contributed by atoms with Crippen LogP contribution in [0.15, 0.2) is 35.7 Å². The summed E-state index contributed by atoms with van der Waals surface area (Å²) in [5.74, 6) is 2.75. The molecule has 0 atom stereocenters. The van der Waals surface area contributed by atoms with Crippen molar-refractivity contribution in [3.63, 3.8) is 0 Å². The maximum absolute atomic E-state index is 5.72. The van der Waals surface area contributed by atoms with Gasteiger partial charge in [0.25, 0.3) is 0 Å². The highest BCUT2D eigenvalue weighted by Crippen LogP contribution is 2.14. The van der Waals surface area contributed by atoms with E-state index in [2.05, 4.69) is 38.2 Å². The average Bonchev–Trinajstić information content (AvgIpc) is 3.10. The lowest BCUT2D eigenvalue weighted by Gasteiger charge is -2.34. The van der Waals surface area contributed by atoms with Gasteiger partial charge >= 0.3 is 0 Å². The first-order valence-corrected chi connectivity index (χ1v) is 9.23. The minimum atomic E-state index is 0.387.